The fourth-order valence-electron chi connectivity index (χ4n) is 2.77. The Labute approximate surface area is 149 Å². The molecule has 25 heavy (non-hydrogen) atoms. The van der Waals surface area contributed by atoms with Gasteiger partial charge in [0.05, 0.1) is 0 Å². The van der Waals surface area contributed by atoms with Gasteiger partial charge in [-0.15, -0.1) is 0 Å². The van der Waals surface area contributed by atoms with Gasteiger partial charge in [-0.3, -0.25) is 0 Å². The molecule has 3 rings (SSSR count). The van der Waals surface area contributed by atoms with E-state index >= 15 is 0 Å². The summed E-state index contributed by atoms with van der Waals surface area (Å²) < 4.78 is 0. The number of hydrogen-bond donors (Lipinski definition) is 1. The van der Waals surface area contributed by atoms with Gasteiger partial charge in [-0.05, 0) is 30.5 Å². The summed E-state index contributed by atoms with van der Waals surface area (Å²) in [5.41, 5.74) is 3.83. The highest BCUT2D eigenvalue weighted by atomic mass is 15.2. The quantitative estimate of drug-likeness (QED) is 0.695. The first-order valence-electron chi connectivity index (χ1n) is 8.65. The molecule has 1 aromatic heterocycles. The van der Waals surface area contributed by atoms with Crippen molar-refractivity contribution in [3.63, 3.8) is 0 Å². The lowest BCUT2D eigenvalue weighted by molar-refractivity contribution is 0.810. The van der Waals surface area contributed by atoms with E-state index in [4.69, 9.17) is 0 Å². The molecule has 1 N–H and O–H groups in total. The lowest BCUT2D eigenvalue weighted by atomic mass is 10.1. The smallest absolute Gasteiger partial charge is 0.134 e. The molecule has 0 aliphatic carbocycles. The van der Waals surface area contributed by atoms with Crippen LogP contribution in [0.1, 0.15) is 23.6 Å². The maximum Gasteiger partial charge on any atom is 0.134 e. The normalized spacial score (nSPS) is 10.5. The number of aromatic nitrogens is 2. The fraction of sp³-hybridized carbons (Fsp3) is 0.238. The second kappa shape index (κ2) is 8.29. The Balaban J connectivity index is 1.70. The van der Waals surface area contributed by atoms with Crippen LogP contribution < -0.4 is 10.2 Å². The Morgan fingerprint density at radius 2 is 1.72 bits per heavy atom. The van der Waals surface area contributed by atoms with Crippen molar-refractivity contribution in [2.45, 2.75) is 26.9 Å². The number of anilines is 2. The Bertz CT molecular complexity index is 802. The van der Waals surface area contributed by atoms with E-state index < -0.39 is 0 Å². The lowest BCUT2D eigenvalue weighted by Gasteiger charge is -2.22. The zero-order chi connectivity index (χ0) is 17.5. The van der Waals surface area contributed by atoms with Gasteiger partial charge in [0, 0.05) is 25.7 Å². The monoisotopic (exact) mass is 332 g/mol. The van der Waals surface area contributed by atoms with E-state index in [0.29, 0.717) is 0 Å². The summed E-state index contributed by atoms with van der Waals surface area (Å²) in [5.74, 6) is 1.79. The van der Waals surface area contributed by atoms with Crippen LogP contribution in [0.4, 0.5) is 11.6 Å². The number of hydrogen-bond acceptors (Lipinski definition) is 4. The van der Waals surface area contributed by atoms with Gasteiger partial charge in [-0.25, -0.2) is 9.97 Å². The molecule has 0 atom stereocenters. The number of aryl methyl sites for hydroxylation is 1. The van der Waals surface area contributed by atoms with Crippen LogP contribution in [0.15, 0.2) is 67.0 Å². The Kier molecular flexibility index (Phi) is 5.62. The van der Waals surface area contributed by atoms with Gasteiger partial charge < -0.3 is 10.2 Å². The molecular formula is C21H24N4. The van der Waals surface area contributed by atoms with Gasteiger partial charge in [0.2, 0.25) is 0 Å². The molecule has 0 amide bonds. The van der Waals surface area contributed by atoms with E-state index in [9.17, 15) is 0 Å². The summed E-state index contributed by atoms with van der Waals surface area (Å²) in [6.07, 6.45) is 1.63. The van der Waals surface area contributed by atoms with E-state index in [2.05, 4.69) is 82.6 Å². The van der Waals surface area contributed by atoms with Crippen LogP contribution in [0.3, 0.4) is 0 Å². The van der Waals surface area contributed by atoms with Crippen LogP contribution in [-0.4, -0.2) is 16.5 Å². The highest BCUT2D eigenvalue weighted by Gasteiger charge is 2.08. The molecule has 1 heterocycles. The second-order valence-corrected chi connectivity index (χ2v) is 6.04. The third kappa shape index (κ3) is 4.57. The third-order valence-electron chi connectivity index (χ3n) is 4.30. The van der Waals surface area contributed by atoms with E-state index in [1.807, 2.05) is 12.1 Å². The molecular weight excluding hydrogens is 308 g/mol. The molecule has 0 bridgehead atoms. The zero-order valence-corrected chi connectivity index (χ0v) is 14.8. The van der Waals surface area contributed by atoms with Crippen molar-refractivity contribution >= 4 is 11.6 Å². The summed E-state index contributed by atoms with van der Waals surface area (Å²) in [5, 5.41) is 3.41. The van der Waals surface area contributed by atoms with Crippen molar-refractivity contribution in [1.82, 2.24) is 9.97 Å². The molecule has 0 fully saturated rings. The first-order valence-corrected chi connectivity index (χ1v) is 8.65. The lowest BCUT2D eigenvalue weighted by Crippen LogP contribution is -2.23. The summed E-state index contributed by atoms with van der Waals surface area (Å²) in [6, 6.07) is 20.9. The molecule has 128 valence electrons. The summed E-state index contributed by atoms with van der Waals surface area (Å²) in [7, 11) is 0. The number of rotatable bonds is 7. The Hall–Kier alpha value is -2.88. The third-order valence-corrected chi connectivity index (χ3v) is 4.30. The van der Waals surface area contributed by atoms with Crippen LogP contribution in [-0.2, 0) is 13.1 Å². The average Bonchev–Trinajstić information content (AvgIpc) is 2.66. The van der Waals surface area contributed by atoms with Crippen LogP contribution >= 0.6 is 0 Å². The van der Waals surface area contributed by atoms with Crippen molar-refractivity contribution in [3.8, 4) is 0 Å². The SMILES string of the molecule is CCN(Cc1ccccc1)c1cc(NCc2ccccc2C)ncn1. The van der Waals surface area contributed by atoms with Crippen LogP contribution in [0.5, 0.6) is 0 Å². The maximum atomic E-state index is 4.45. The van der Waals surface area contributed by atoms with E-state index in [-0.39, 0.29) is 0 Å². The minimum absolute atomic E-state index is 0.758. The molecule has 0 saturated carbocycles. The van der Waals surface area contributed by atoms with Gasteiger partial charge in [0.1, 0.15) is 18.0 Å². The average molecular weight is 332 g/mol. The molecule has 2 aromatic carbocycles. The molecule has 4 nitrogen and oxygen atoms in total. The maximum absolute atomic E-state index is 4.45. The molecule has 0 aliphatic rings. The fourth-order valence-corrected chi connectivity index (χ4v) is 2.77. The largest absolute Gasteiger partial charge is 0.366 e. The zero-order valence-electron chi connectivity index (χ0n) is 14.8. The minimum atomic E-state index is 0.758. The molecule has 0 spiro atoms. The summed E-state index contributed by atoms with van der Waals surface area (Å²) in [6.45, 7) is 6.76. The van der Waals surface area contributed by atoms with Crippen molar-refractivity contribution < 1.29 is 0 Å². The Morgan fingerprint density at radius 1 is 0.960 bits per heavy atom. The van der Waals surface area contributed by atoms with Gasteiger partial charge >= 0.3 is 0 Å². The predicted octanol–water partition coefficient (Wildman–Crippen LogP) is 4.42. The number of benzene rings is 2. The molecule has 3 aromatic rings. The van der Waals surface area contributed by atoms with E-state index in [0.717, 1.165) is 31.3 Å². The van der Waals surface area contributed by atoms with Crippen molar-refractivity contribution in [2.75, 3.05) is 16.8 Å². The highest BCUT2D eigenvalue weighted by molar-refractivity contribution is 5.49. The topological polar surface area (TPSA) is 41.0 Å². The van der Waals surface area contributed by atoms with Gasteiger partial charge in [0.15, 0.2) is 0 Å². The van der Waals surface area contributed by atoms with Gasteiger partial charge in [-0.1, -0.05) is 54.6 Å². The summed E-state index contributed by atoms with van der Waals surface area (Å²) in [4.78, 5) is 11.1. The molecule has 4 heteroatoms. The molecule has 0 radical (unpaired) electrons. The number of nitrogens with zero attached hydrogens (tertiary/aromatic N) is 3. The second-order valence-electron chi connectivity index (χ2n) is 6.04. The minimum Gasteiger partial charge on any atom is -0.366 e. The first kappa shape index (κ1) is 17.0. The molecule has 0 saturated heterocycles. The standard InChI is InChI=1S/C21H24N4/c1-3-25(15-18-10-5-4-6-11-18)21-13-20(23-16-24-21)22-14-19-12-8-7-9-17(19)2/h4-13,16H,3,14-15H2,1-2H3,(H,22,23,24). The summed E-state index contributed by atoms with van der Waals surface area (Å²) >= 11 is 0. The van der Waals surface area contributed by atoms with Crippen molar-refractivity contribution in [1.29, 1.82) is 0 Å². The Morgan fingerprint density at radius 3 is 2.48 bits per heavy atom. The van der Waals surface area contributed by atoms with Gasteiger partial charge in [-0.2, -0.15) is 0 Å². The highest BCUT2D eigenvalue weighted by Crippen LogP contribution is 2.18. The number of nitrogens with one attached hydrogen (secondary N) is 1. The van der Waals surface area contributed by atoms with Crippen molar-refractivity contribution in [3.05, 3.63) is 83.7 Å². The molecule has 0 aliphatic heterocycles. The predicted molar refractivity (Wildman–Crippen MR) is 104 cm³/mol. The molecule has 0 unspecified atom stereocenters. The van der Waals surface area contributed by atoms with Crippen LogP contribution in [0.2, 0.25) is 0 Å². The van der Waals surface area contributed by atoms with E-state index in [1.54, 1.807) is 6.33 Å². The van der Waals surface area contributed by atoms with E-state index in [1.165, 1.54) is 16.7 Å². The van der Waals surface area contributed by atoms with Crippen molar-refractivity contribution in [2.24, 2.45) is 0 Å². The van der Waals surface area contributed by atoms with Crippen LogP contribution in [0.25, 0.3) is 0 Å². The van der Waals surface area contributed by atoms with Crippen LogP contribution in [0, 0.1) is 6.92 Å². The van der Waals surface area contributed by atoms with Gasteiger partial charge in [0.25, 0.3) is 0 Å². The first-order chi connectivity index (χ1) is 12.3.